The van der Waals surface area contributed by atoms with Crippen molar-refractivity contribution in [1.29, 1.82) is 0 Å². The minimum atomic E-state index is -3.71. The zero-order valence-corrected chi connectivity index (χ0v) is 12.3. The van der Waals surface area contributed by atoms with E-state index in [0.29, 0.717) is 0 Å². The van der Waals surface area contributed by atoms with E-state index in [1.165, 1.54) is 39.4 Å². The van der Waals surface area contributed by atoms with E-state index in [0.717, 1.165) is 4.31 Å². The van der Waals surface area contributed by atoms with E-state index in [2.05, 4.69) is 11.2 Å². The van der Waals surface area contributed by atoms with Crippen molar-refractivity contribution >= 4 is 15.9 Å². The molecule has 0 aliphatic rings. The lowest BCUT2D eigenvalue weighted by Gasteiger charge is -2.15. The van der Waals surface area contributed by atoms with Crippen LogP contribution in [0.5, 0.6) is 5.75 Å². The number of hydrogen-bond donors (Lipinski definition) is 1. The Balaban J connectivity index is 3.30. The summed E-state index contributed by atoms with van der Waals surface area (Å²) in [7, 11) is 0.460. The van der Waals surface area contributed by atoms with Crippen LogP contribution in [-0.2, 0) is 10.0 Å². The molecule has 0 bridgehead atoms. The van der Waals surface area contributed by atoms with Crippen LogP contribution in [0.2, 0.25) is 0 Å². The molecule has 7 heteroatoms. The van der Waals surface area contributed by atoms with Gasteiger partial charge in [0.05, 0.1) is 13.7 Å². The summed E-state index contributed by atoms with van der Waals surface area (Å²) >= 11 is 0. The van der Waals surface area contributed by atoms with E-state index < -0.39 is 15.9 Å². The topological polar surface area (TPSA) is 75.7 Å². The second kappa shape index (κ2) is 6.41. The number of benzene rings is 1. The van der Waals surface area contributed by atoms with Gasteiger partial charge in [0, 0.05) is 19.7 Å². The van der Waals surface area contributed by atoms with Crippen LogP contribution in [-0.4, -0.2) is 46.4 Å². The van der Waals surface area contributed by atoms with Gasteiger partial charge >= 0.3 is 0 Å². The Morgan fingerprint density at radius 2 is 2.10 bits per heavy atom. The van der Waals surface area contributed by atoms with Crippen LogP contribution in [0.15, 0.2) is 23.1 Å². The lowest BCUT2D eigenvalue weighted by Crippen LogP contribution is -2.25. The second-order valence-electron chi connectivity index (χ2n) is 4.04. The van der Waals surface area contributed by atoms with Gasteiger partial charge in [-0.2, -0.15) is 0 Å². The molecule has 1 rings (SSSR count). The summed E-state index contributed by atoms with van der Waals surface area (Å²) < 4.78 is 30.4. The van der Waals surface area contributed by atoms with Gasteiger partial charge in [0.1, 0.15) is 10.6 Å². The Morgan fingerprint density at radius 3 is 2.60 bits per heavy atom. The maximum atomic E-state index is 12.2. The fourth-order valence-electron chi connectivity index (χ4n) is 1.45. The monoisotopic (exact) mass is 296 g/mol. The van der Waals surface area contributed by atoms with Gasteiger partial charge in [-0.15, -0.1) is 6.42 Å². The summed E-state index contributed by atoms with van der Waals surface area (Å²) in [6.07, 6.45) is 5.05. The van der Waals surface area contributed by atoms with Crippen molar-refractivity contribution in [2.45, 2.75) is 4.90 Å². The SMILES string of the molecule is C#CCNC(=O)c1ccc(OC)c(S(=O)(=O)N(C)C)c1. The van der Waals surface area contributed by atoms with Gasteiger partial charge in [-0.25, -0.2) is 12.7 Å². The minimum absolute atomic E-state index is 0.0701. The van der Waals surface area contributed by atoms with E-state index in [1.54, 1.807) is 0 Å². The highest BCUT2D eigenvalue weighted by molar-refractivity contribution is 7.89. The van der Waals surface area contributed by atoms with E-state index >= 15 is 0 Å². The summed E-state index contributed by atoms with van der Waals surface area (Å²) in [6, 6.07) is 4.17. The molecule has 1 aromatic carbocycles. The summed E-state index contributed by atoms with van der Waals surface area (Å²) in [5, 5.41) is 2.47. The highest BCUT2D eigenvalue weighted by Crippen LogP contribution is 2.26. The fraction of sp³-hybridized carbons (Fsp3) is 0.308. The third kappa shape index (κ3) is 3.29. The van der Waals surface area contributed by atoms with Gasteiger partial charge in [0.15, 0.2) is 0 Å². The summed E-state index contributed by atoms with van der Waals surface area (Å²) in [5.41, 5.74) is 0.196. The fourth-order valence-corrected chi connectivity index (χ4v) is 2.52. The Labute approximate surface area is 118 Å². The Hall–Kier alpha value is -2.04. The van der Waals surface area contributed by atoms with E-state index in [-0.39, 0.29) is 22.8 Å². The summed E-state index contributed by atoms with van der Waals surface area (Å²) in [5.74, 6) is 2.00. The zero-order chi connectivity index (χ0) is 15.3. The smallest absolute Gasteiger partial charge is 0.252 e. The number of nitrogens with zero attached hydrogens (tertiary/aromatic N) is 1. The molecule has 108 valence electrons. The average Bonchev–Trinajstić information content (AvgIpc) is 2.43. The number of terminal acetylenes is 1. The standard InChI is InChI=1S/C13H16N2O4S/c1-5-8-14-13(16)10-6-7-11(19-4)12(9-10)20(17,18)15(2)3/h1,6-7,9H,8H2,2-4H3,(H,14,16). The summed E-state index contributed by atoms with van der Waals surface area (Å²) in [6.45, 7) is 0.0701. The summed E-state index contributed by atoms with van der Waals surface area (Å²) in [4.78, 5) is 11.7. The molecular weight excluding hydrogens is 280 g/mol. The quantitative estimate of drug-likeness (QED) is 0.793. The van der Waals surface area contributed by atoms with Crippen molar-refractivity contribution in [3.63, 3.8) is 0 Å². The van der Waals surface area contributed by atoms with Gasteiger partial charge in [-0.3, -0.25) is 4.79 Å². The number of carbonyl (C=O) groups excluding carboxylic acids is 1. The molecule has 0 aromatic heterocycles. The van der Waals surface area contributed by atoms with Crippen molar-refractivity contribution in [1.82, 2.24) is 9.62 Å². The highest BCUT2D eigenvalue weighted by atomic mass is 32.2. The van der Waals surface area contributed by atoms with Crippen molar-refractivity contribution in [3.8, 4) is 18.1 Å². The first-order valence-electron chi connectivity index (χ1n) is 5.66. The number of methoxy groups -OCH3 is 1. The number of nitrogens with one attached hydrogen (secondary N) is 1. The number of hydrogen-bond acceptors (Lipinski definition) is 4. The lowest BCUT2D eigenvalue weighted by molar-refractivity contribution is 0.0958. The average molecular weight is 296 g/mol. The Kier molecular flexibility index (Phi) is 5.13. The molecule has 0 spiro atoms. The molecule has 0 heterocycles. The molecule has 6 nitrogen and oxygen atoms in total. The van der Waals surface area contributed by atoms with E-state index in [9.17, 15) is 13.2 Å². The first kappa shape index (κ1) is 16.0. The first-order valence-corrected chi connectivity index (χ1v) is 7.10. The van der Waals surface area contributed by atoms with Crippen LogP contribution >= 0.6 is 0 Å². The molecule has 0 aliphatic heterocycles. The predicted octanol–water partition coefficient (Wildman–Crippen LogP) is 0.308. The van der Waals surface area contributed by atoms with Crippen LogP contribution in [0.3, 0.4) is 0 Å². The molecule has 0 aliphatic carbocycles. The van der Waals surface area contributed by atoms with Crippen LogP contribution < -0.4 is 10.1 Å². The normalized spacial score (nSPS) is 10.9. The molecule has 1 amide bonds. The van der Waals surface area contributed by atoms with Crippen molar-refractivity contribution in [3.05, 3.63) is 23.8 Å². The van der Waals surface area contributed by atoms with Crippen LogP contribution in [0.25, 0.3) is 0 Å². The molecule has 0 atom stereocenters. The molecule has 1 aromatic rings. The zero-order valence-electron chi connectivity index (χ0n) is 11.5. The second-order valence-corrected chi connectivity index (χ2v) is 6.16. The van der Waals surface area contributed by atoms with Gasteiger partial charge in [0.25, 0.3) is 5.91 Å². The maximum Gasteiger partial charge on any atom is 0.252 e. The Bertz CT molecular complexity index is 645. The van der Waals surface area contributed by atoms with Gasteiger partial charge in [0.2, 0.25) is 10.0 Å². The number of carbonyl (C=O) groups is 1. The third-order valence-corrected chi connectivity index (χ3v) is 4.37. The van der Waals surface area contributed by atoms with Crippen molar-refractivity contribution in [2.75, 3.05) is 27.7 Å². The molecular formula is C13H16N2O4S. The molecule has 0 saturated heterocycles. The first-order chi connectivity index (χ1) is 9.34. The van der Waals surface area contributed by atoms with Crippen molar-refractivity contribution in [2.24, 2.45) is 0 Å². The minimum Gasteiger partial charge on any atom is -0.495 e. The van der Waals surface area contributed by atoms with E-state index in [4.69, 9.17) is 11.2 Å². The molecule has 0 fully saturated rings. The van der Waals surface area contributed by atoms with Gasteiger partial charge in [-0.1, -0.05) is 5.92 Å². The number of ether oxygens (including phenoxy) is 1. The molecule has 0 unspecified atom stereocenters. The van der Waals surface area contributed by atoms with E-state index in [1.807, 2.05) is 0 Å². The Morgan fingerprint density at radius 1 is 1.45 bits per heavy atom. The van der Waals surface area contributed by atoms with Gasteiger partial charge in [-0.05, 0) is 18.2 Å². The highest BCUT2D eigenvalue weighted by Gasteiger charge is 2.23. The molecule has 1 N–H and O–H groups in total. The van der Waals surface area contributed by atoms with Crippen molar-refractivity contribution < 1.29 is 17.9 Å². The molecule has 0 radical (unpaired) electrons. The van der Waals surface area contributed by atoms with Crippen LogP contribution in [0.1, 0.15) is 10.4 Å². The molecule has 20 heavy (non-hydrogen) atoms. The number of sulfonamides is 1. The predicted molar refractivity (Wildman–Crippen MR) is 75.0 cm³/mol. The van der Waals surface area contributed by atoms with Gasteiger partial charge < -0.3 is 10.1 Å². The number of rotatable bonds is 5. The lowest BCUT2D eigenvalue weighted by atomic mass is 10.2. The van der Waals surface area contributed by atoms with Crippen LogP contribution in [0.4, 0.5) is 0 Å². The largest absolute Gasteiger partial charge is 0.495 e. The maximum absolute atomic E-state index is 12.2. The molecule has 0 saturated carbocycles. The van der Waals surface area contributed by atoms with Crippen LogP contribution in [0, 0.1) is 12.3 Å². The third-order valence-electron chi connectivity index (χ3n) is 2.54. The number of amides is 1.